The second-order valence-corrected chi connectivity index (χ2v) is 8.25. The van der Waals surface area contributed by atoms with E-state index in [2.05, 4.69) is 10.2 Å². The van der Waals surface area contributed by atoms with E-state index in [-0.39, 0.29) is 28.0 Å². The average molecular weight is 435 g/mol. The maximum atomic E-state index is 11.0. The Hall–Kier alpha value is -2.18. The molecular formula is C22H24Cl2N2O3. The van der Waals surface area contributed by atoms with Gasteiger partial charge in [-0.05, 0) is 68.1 Å². The molecule has 1 aliphatic rings. The molecule has 0 saturated carbocycles. The Morgan fingerprint density at radius 1 is 1.07 bits per heavy atom. The number of allylic oxidation sites excluding steroid dienone is 1. The topological polar surface area (TPSA) is 76.0 Å². The molecule has 0 aromatic heterocycles. The number of phenolic OH excluding ortho intramolecular Hbond substituents is 1. The van der Waals surface area contributed by atoms with Crippen LogP contribution >= 0.6 is 23.2 Å². The highest BCUT2D eigenvalue weighted by molar-refractivity contribution is 6.37. The van der Waals surface area contributed by atoms with Crippen molar-refractivity contribution in [3.63, 3.8) is 0 Å². The van der Waals surface area contributed by atoms with Crippen molar-refractivity contribution < 1.29 is 15.3 Å². The summed E-state index contributed by atoms with van der Waals surface area (Å²) < 4.78 is 0. The zero-order valence-corrected chi connectivity index (χ0v) is 17.8. The Morgan fingerprint density at radius 3 is 2.28 bits per heavy atom. The highest BCUT2D eigenvalue weighted by Gasteiger charge is 2.29. The summed E-state index contributed by atoms with van der Waals surface area (Å²) in [7, 11) is 4.08. The number of nitrogens with one attached hydrogen (secondary N) is 1. The van der Waals surface area contributed by atoms with Crippen molar-refractivity contribution >= 4 is 34.5 Å². The number of hydrogen-bond acceptors (Lipinski definition) is 5. The van der Waals surface area contributed by atoms with Crippen molar-refractivity contribution in [3.05, 3.63) is 75.5 Å². The van der Waals surface area contributed by atoms with Crippen LogP contribution in [0.1, 0.15) is 17.5 Å². The quantitative estimate of drug-likeness (QED) is 0.489. The minimum absolute atomic E-state index is 0.00771. The second kappa shape index (κ2) is 8.67. The van der Waals surface area contributed by atoms with Crippen LogP contribution in [0.2, 0.25) is 10.0 Å². The fourth-order valence-corrected chi connectivity index (χ4v) is 3.62. The van der Waals surface area contributed by atoms with Gasteiger partial charge in [-0.2, -0.15) is 0 Å². The zero-order chi connectivity index (χ0) is 21.2. The smallest absolute Gasteiger partial charge is 0.159 e. The Bertz CT molecular complexity index is 932. The lowest BCUT2D eigenvalue weighted by Crippen LogP contribution is -2.37. The number of aliphatic hydroxyl groups excluding tert-OH is 1. The van der Waals surface area contributed by atoms with E-state index in [1.165, 1.54) is 29.8 Å². The molecule has 0 saturated heterocycles. The van der Waals surface area contributed by atoms with Gasteiger partial charge in [0.25, 0.3) is 0 Å². The van der Waals surface area contributed by atoms with Gasteiger partial charge in [0.1, 0.15) is 5.76 Å². The van der Waals surface area contributed by atoms with Gasteiger partial charge in [-0.1, -0.05) is 35.3 Å². The van der Waals surface area contributed by atoms with Crippen molar-refractivity contribution in [2.24, 2.45) is 0 Å². The second-order valence-electron chi connectivity index (χ2n) is 7.44. The van der Waals surface area contributed by atoms with Gasteiger partial charge < -0.3 is 25.5 Å². The van der Waals surface area contributed by atoms with Gasteiger partial charge >= 0.3 is 0 Å². The number of anilines is 1. The Morgan fingerprint density at radius 2 is 1.69 bits per heavy atom. The number of phenols is 1. The molecule has 1 atom stereocenters. The summed E-state index contributed by atoms with van der Waals surface area (Å²) >= 11 is 12.0. The van der Waals surface area contributed by atoms with Crippen LogP contribution < -0.4 is 5.32 Å². The number of halogens is 2. The normalized spacial score (nSPS) is 19.1. The zero-order valence-electron chi connectivity index (χ0n) is 16.3. The van der Waals surface area contributed by atoms with E-state index < -0.39 is 5.72 Å². The van der Waals surface area contributed by atoms with Crippen LogP contribution in [-0.4, -0.2) is 46.6 Å². The standard InChI is InChI=1S/C22H24Cl2N2O3/c1-26(2)10-8-14-3-5-16(6-4-14)25-22(29)9-7-20(27)17(13-22)15-11-18(23)21(28)19(24)12-15/h3-7,11-13,25,27-29H,8-10H2,1-2H3. The molecule has 0 aliphatic heterocycles. The Labute approximate surface area is 180 Å². The van der Waals surface area contributed by atoms with E-state index in [0.717, 1.165) is 18.7 Å². The third kappa shape index (κ3) is 5.25. The molecule has 7 heteroatoms. The first-order chi connectivity index (χ1) is 13.7. The maximum absolute atomic E-state index is 11.0. The summed E-state index contributed by atoms with van der Waals surface area (Å²) in [6, 6.07) is 10.9. The lowest BCUT2D eigenvalue weighted by Gasteiger charge is -2.30. The van der Waals surface area contributed by atoms with E-state index in [1.54, 1.807) is 0 Å². The Balaban J connectivity index is 1.82. The maximum Gasteiger partial charge on any atom is 0.159 e. The molecule has 154 valence electrons. The molecule has 0 radical (unpaired) electrons. The lowest BCUT2D eigenvalue weighted by molar-refractivity contribution is 0.122. The third-order valence-corrected chi connectivity index (χ3v) is 5.33. The van der Waals surface area contributed by atoms with Crippen molar-refractivity contribution in [2.45, 2.75) is 18.6 Å². The number of benzene rings is 2. The van der Waals surface area contributed by atoms with Crippen LogP contribution in [0.4, 0.5) is 5.69 Å². The van der Waals surface area contributed by atoms with Gasteiger partial charge in [0.05, 0.1) is 10.0 Å². The van der Waals surface area contributed by atoms with Crippen LogP contribution in [-0.2, 0) is 6.42 Å². The van der Waals surface area contributed by atoms with Gasteiger partial charge in [-0.3, -0.25) is 0 Å². The van der Waals surface area contributed by atoms with E-state index in [4.69, 9.17) is 23.2 Å². The summed E-state index contributed by atoms with van der Waals surface area (Å²) in [5.41, 5.74) is 1.43. The summed E-state index contributed by atoms with van der Waals surface area (Å²) in [5.74, 6) is -0.215. The monoisotopic (exact) mass is 434 g/mol. The number of aliphatic hydroxyl groups is 2. The van der Waals surface area contributed by atoms with Crippen molar-refractivity contribution in [1.82, 2.24) is 4.90 Å². The Kier molecular flexibility index (Phi) is 6.44. The number of rotatable bonds is 6. The fraction of sp³-hybridized carbons (Fsp3) is 0.273. The molecule has 4 N–H and O–H groups in total. The highest BCUT2D eigenvalue weighted by Crippen LogP contribution is 2.39. The van der Waals surface area contributed by atoms with Gasteiger partial charge in [0.15, 0.2) is 11.5 Å². The largest absolute Gasteiger partial charge is 0.508 e. The molecule has 0 heterocycles. The average Bonchev–Trinajstić information content (AvgIpc) is 2.67. The predicted octanol–water partition coefficient (Wildman–Crippen LogP) is 4.83. The highest BCUT2D eigenvalue weighted by atomic mass is 35.5. The molecule has 1 aliphatic carbocycles. The molecule has 5 nitrogen and oxygen atoms in total. The molecule has 2 aromatic carbocycles. The molecule has 3 rings (SSSR count). The first-order valence-corrected chi connectivity index (χ1v) is 9.97. The predicted molar refractivity (Wildman–Crippen MR) is 119 cm³/mol. The van der Waals surface area contributed by atoms with E-state index >= 15 is 0 Å². The van der Waals surface area contributed by atoms with Crippen molar-refractivity contribution in [3.8, 4) is 5.75 Å². The summed E-state index contributed by atoms with van der Waals surface area (Å²) in [4.78, 5) is 2.13. The fourth-order valence-electron chi connectivity index (χ4n) is 3.13. The van der Waals surface area contributed by atoms with Crippen LogP contribution in [0.15, 0.2) is 54.3 Å². The molecule has 0 spiro atoms. The molecular weight excluding hydrogens is 411 g/mol. The number of likely N-dealkylation sites (N-methyl/N-ethyl adjacent to an activating group) is 1. The number of nitrogens with zero attached hydrogens (tertiary/aromatic N) is 1. The lowest BCUT2D eigenvalue weighted by atomic mass is 9.92. The van der Waals surface area contributed by atoms with Crippen LogP contribution in [0.3, 0.4) is 0 Å². The molecule has 0 bridgehead atoms. The van der Waals surface area contributed by atoms with E-state index in [9.17, 15) is 15.3 Å². The first kappa shape index (κ1) is 21.5. The SMILES string of the molecule is CN(C)CCc1ccc(NC2(O)C=C(c3cc(Cl)c(O)c(Cl)c3)C(O)=CC2)cc1. The molecule has 29 heavy (non-hydrogen) atoms. The molecule has 2 aromatic rings. The van der Waals surface area contributed by atoms with E-state index in [1.807, 2.05) is 38.4 Å². The minimum atomic E-state index is -1.40. The van der Waals surface area contributed by atoms with Crippen LogP contribution in [0.5, 0.6) is 5.75 Å². The number of aromatic hydroxyl groups is 1. The van der Waals surface area contributed by atoms with Crippen molar-refractivity contribution in [1.29, 1.82) is 0 Å². The third-order valence-electron chi connectivity index (χ3n) is 4.76. The molecule has 0 fully saturated rings. The van der Waals surface area contributed by atoms with E-state index in [0.29, 0.717) is 11.1 Å². The van der Waals surface area contributed by atoms with Crippen LogP contribution in [0, 0.1) is 0 Å². The van der Waals surface area contributed by atoms with Gasteiger partial charge in [-0.25, -0.2) is 0 Å². The van der Waals surface area contributed by atoms with Gasteiger partial charge in [0, 0.05) is 24.2 Å². The first-order valence-electron chi connectivity index (χ1n) is 9.22. The summed E-state index contributed by atoms with van der Waals surface area (Å²) in [5, 5.41) is 34.4. The van der Waals surface area contributed by atoms with Crippen molar-refractivity contribution in [2.75, 3.05) is 26.0 Å². The molecule has 1 unspecified atom stereocenters. The minimum Gasteiger partial charge on any atom is -0.508 e. The van der Waals surface area contributed by atoms with Gasteiger partial charge in [0.2, 0.25) is 0 Å². The van der Waals surface area contributed by atoms with Gasteiger partial charge in [-0.15, -0.1) is 0 Å². The summed E-state index contributed by atoms with van der Waals surface area (Å²) in [6.45, 7) is 0.963. The summed E-state index contributed by atoms with van der Waals surface area (Å²) in [6.07, 6.45) is 4.19. The molecule has 0 amide bonds. The van der Waals surface area contributed by atoms with Crippen LogP contribution in [0.25, 0.3) is 5.57 Å². The number of hydrogen-bond donors (Lipinski definition) is 4.